The maximum atomic E-state index is 13.3. The van der Waals surface area contributed by atoms with Gasteiger partial charge in [0.05, 0.1) is 22.4 Å². The molecule has 1 aliphatic rings. The summed E-state index contributed by atoms with van der Waals surface area (Å²) in [5.41, 5.74) is 9.25. The lowest BCUT2D eigenvalue weighted by atomic mass is 9.83. The van der Waals surface area contributed by atoms with E-state index in [2.05, 4.69) is 38.8 Å². The molecule has 1 heterocycles. The summed E-state index contributed by atoms with van der Waals surface area (Å²) < 4.78 is 0. The number of nitrogen functional groups attached to an aromatic ring is 1. The van der Waals surface area contributed by atoms with Crippen LogP contribution in [0.15, 0.2) is 70.9 Å². The minimum atomic E-state index is -0.478. The SMILES string of the molecule is CCCCNc1ccc(Nc2nc(N)c(N=Nc3cccc4c3C(=O)c3cccc(O)c3C4=O)c(C)c2C#N)cc1. The van der Waals surface area contributed by atoms with Crippen LogP contribution >= 0.6 is 0 Å². The summed E-state index contributed by atoms with van der Waals surface area (Å²) in [5.74, 6) is -0.874. The van der Waals surface area contributed by atoms with Crippen LogP contribution < -0.4 is 16.4 Å². The standard InChI is InChI=1S/C31H27N7O3/c1-3-4-15-34-18-11-13-19(14-12-18)35-31-22(16-32)17(2)27(30(33)36-31)38-37-23-9-5-7-20-25(23)28(40)21-8-6-10-24(39)26(21)29(20)41/h5-14,34,39H,3-4,15H2,1-2H3,(H3,33,35,36). The number of aromatic nitrogens is 1. The molecular formula is C31H27N7O3. The third-order valence-electron chi connectivity index (χ3n) is 6.85. The second kappa shape index (κ2) is 11.3. The van der Waals surface area contributed by atoms with E-state index in [1.165, 1.54) is 24.3 Å². The predicted octanol–water partition coefficient (Wildman–Crippen LogP) is 6.70. The number of rotatable bonds is 8. The molecule has 5 rings (SSSR count). The number of nitrogens with one attached hydrogen (secondary N) is 2. The number of hydrogen-bond donors (Lipinski definition) is 4. The fraction of sp³-hybridized carbons (Fsp3) is 0.161. The first-order chi connectivity index (χ1) is 19.8. The highest BCUT2D eigenvalue weighted by Crippen LogP contribution is 2.39. The normalized spacial score (nSPS) is 12.1. The third kappa shape index (κ3) is 5.08. The fourth-order valence-corrected chi connectivity index (χ4v) is 4.68. The maximum Gasteiger partial charge on any atom is 0.198 e. The van der Waals surface area contributed by atoms with E-state index in [4.69, 9.17) is 5.73 Å². The number of anilines is 4. The first kappa shape index (κ1) is 27.0. The molecule has 0 unspecified atom stereocenters. The molecule has 3 aromatic carbocycles. The molecule has 204 valence electrons. The molecule has 0 radical (unpaired) electrons. The number of carbonyl (C=O) groups excluding carboxylic acids is 2. The van der Waals surface area contributed by atoms with Gasteiger partial charge in [-0.15, -0.1) is 10.2 Å². The number of nitriles is 1. The van der Waals surface area contributed by atoms with E-state index in [-0.39, 0.29) is 56.6 Å². The van der Waals surface area contributed by atoms with Crippen LogP contribution in [0, 0.1) is 18.3 Å². The number of phenols is 1. The molecule has 5 N–H and O–H groups in total. The van der Waals surface area contributed by atoms with Gasteiger partial charge < -0.3 is 21.5 Å². The van der Waals surface area contributed by atoms with Gasteiger partial charge in [0.15, 0.2) is 23.2 Å². The zero-order valence-corrected chi connectivity index (χ0v) is 22.5. The molecule has 10 heteroatoms. The van der Waals surface area contributed by atoms with Crippen molar-refractivity contribution in [2.45, 2.75) is 26.7 Å². The molecule has 10 nitrogen and oxygen atoms in total. The smallest absolute Gasteiger partial charge is 0.198 e. The molecule has 0 spiro atoms. The van der Waals surface area contributed by atoms with Crippen LogP contribution in [-0.2, 0) is 0 Å². The molecule has 1 aromatic heterocycles. The summed E-state index contributed by atoms with van der Waals surface area (Å²) in [6.45, 7) is 4.71. The van der Waals surface area contributed by atoms with Crippen LogP contribution in [0.3, 0.4) is 0 Å². The Bertz CT molecular complexity index is 1760. The monoisotopic (exact) mass is 545 g/mol. The number of nitrogens with zero attached hydrogens (tertiary/aromatic N) is 4. The van der Waals surface area contributed by atoms with E-state index < -0.39 is 11.6 Å². The summed E-state index contributed by atoms with van der Waals surface area (Å²) in [6.07, 6.45) is 2.19. The van der Waals surface area contributed by atoms with E-state index in [1.807, 2.05) is 24.3 Å². The second-order valence-corrected chi connectivity index (χ2v) is 9.55. The van der Waals surface area contributed by atoms with Crippen molar-refractivity contribution in [3.63, 3.8) is 0 Å². The van der Waals surface area contributed by atoms with Crippen LogP contribution in [0.25, 0.3) is 0 Å². The van der Waals surface area contributed by atoms with Crippen LogP contribution in [0.4, 0.5) is 34.4 Å². The maximum absolute atomic E-state index is 13.3. The molecule has 41 heavy (non-hydrogen) atoms. The Morgan fingerprint density at radius 3 is 2.32 bits per heavy atom. The number of fused-ring (bicyclic) bond motifs is 2. The molecule has 0 saturated heterocycles. The molecule has 0 saturated carbocycles. The summed E-state index contributed by atoms with van der Waals surface area (Å²) in [7, 11) is 0. The third-order valence-corrected chi connectivity index (χ3v) is 6.85. The van der Waals surface area contributed by atoms with E-state index in [9.17, 15) is 20.0 Å². The fourth-order valence-electron chi connectivity index (χ4n) is 4.68. The number of ketones is 2. The molecular weight excluding hydrogens is 518 g/mol. The van der Waals surface area contributed by atoms with Gasteiger partial charge >= 0.3 is 0 Å². The number of phenolic OH excluding ortho intramolecular Hbond substituents is 1. The Morgan fingerprint density at radius 2 is 1.61 bits per heavy atom. The molecule has 0 amide bonds. The highest BCUT2D eigenvalue weighted by atomic mass is 16.3. The minimum Gasteiger partial charge on any atom is -0.507 e. The molecule has 4 aromatic rings. The average Bonchev–Trinajstić information content (AvgIpc) is 2.96. The van der Waals surface area contributed by atoms with Crippen molar-refractivity contribution in [2.24, 2.45) is 10.2 Å². The lowest BCUT2D eigenvalue weighted by Gasteiger charge is -2.19. The Balaban J connectivity index is 1.45. The Kier molecular flexibility index (Phi) is 7.43. The highest BCUT2D eigenvalue weighted by molar-refractivity contribution is 6.30. The van der Waals surface area contributed by atoms with Crippen LogP contribution in [0.5, 0.6) is 5.75 Å². The van der Waals surface area contributed by atoms with Crippen LogP contribution in [0.2, 0.25) is 0 Å². The van der Waals surface area contributed by atoms with Gasteiger partial charge in [0.25, 0.3) is 0 Å². The van der Waals surface area contributed by atoms with Gasteiger partial charge in [-0.3, -0.25) is 9.59 Å². The van der Waals surface area contributed by atoms with E-state index in [0.29, 0.717) is 5.56 Å². The topological polar surface area (TPSA) is 166 Å². The van der Waals surface area contributed by atoms with Gasteiger partial charge in [0.2, 0.25) is 0 Å². The van der Waals surface area contributed by atoms with Crippen molar-refractivity contribution in [1.82, 2.24) is 4.98 Å². The molecule has 1 aliphatic carbocycles. The van der Waals surface area contributed by atoms with Crippen molar-refractivity contribution < 1.29 is 14.7 Å². The zero-order chi connectivity index (χ0) is 29.1. The largest absolute Gasteiger partial charge is 0.507 e. The minimum absolute atomic E-state index is 0.0347. The lowest BCUT2D eigenvalue weighted by Crippen LogP contribution is -2.21. The van der Waals surface area contributed by atoms with Gasteiger partial charge in [-0.2, -0.15) is 5.26 Å². The number of benzene rings is 3. The Hall–Kier alpha value is -5.56. The van der Waals surface area contributed by atoms with E-state index in [1.54, 1.807) is 19.1 Å². The number of hydrogen-bond acceptors (Lipinski definition) is 10. The van der Waals surface area contributed by atoms with Gasteiger partial charge in [-0.25, -0.2) is 4.98 Å². The Morgan fingerprint density at radius 1 is 0.951 bits per heavy atom. The number of nitrogens with two attached hydrogens (primary N) is 1. The summed E-state index contributed by atoms with van der Waals surface area (Å²) in [4.78, 5) is 30.8. The first-order valence-corrected chi connectivity index (χ1v) is 13.1. The van der Waals surface area contributed by atoms with Gasteiger partial charge in [-0.05, 0) is 49.7 Å². The predicted molar refractivity (Wildman–Crippen MR) is 157 cm³/mol. The van der Waals surface area contributed by atoms with Crippen molar-refractivity contribution in [2.75, 3.05) is 22.9 Å². The quantitative estimate of drug-likeness (QED) is 0.123. The molecule has 0 bridgehead atoms. The number of carbonyl (C=O) groups is 2. The summed E-state index contributed by atoms with van der Waals surface area (Å²) in [6, 6.07) is 18.8. The summed E-state index contributed by atoms with van der Waals surface area (Å²) >= 11 is 0. The number of aromatic hydroxyl groups is 1. The second-order valence-electron chi connectivity index (χ2n) is 9.55. The number of pyridine rings is 1. The van der Waals surface area contributed by atoms with E-state index in [0.717, 1.165) is 30.8 Å². The zero-order valence-electron chi connectivity index (χ0n) is 22.5. The van der Waals surface area contributed by atoms with Gasteiger partial charge in [0, 0.05) is 34.6 Å². The van der Waals surface area contributed by atoms with Crippen molar-refractivity contribution in [3.8, 4) is 11.8 Å². The van der Waals surface area contributed by atoms with Crippen LogP contribution in [-0.4, -0.2) is 28.2 Å². The van der Waals surface area contributed by atoms with Crippen LogP contribution in [0.1, 0.15) is 62.7 Å². The molecule has 0 fully saturated rings. The number of azo groups is 1. The lowest BCUT2D eigenvalue weighted by molar-refractivity contribution is 0.0977. The first-order valence-electron chi connectivity index (χ1n) is 13.1. The molecule has 0 atom stereocenters. The average molecular weight is 546 g/mol. The van der Waals surface area contributed by atoms with Crippen molar-refractivity contribution in [1.29, 1.82) is 5.26 Å². The Labute approximate surface area is 236 Å². The summed E-state index contributed by atoms with van der Waals surface area (Å²) in [5, 5.41) is 35.1. The molecule has 0 aliphatic heterocycles. The number of unbranched alkanes of at least 4 members (excludes halogenated alkanes) is 1. The highest BCUT2D eigenvalue weighted by Gasteiger charge is 2.33. The van der Waals surface area contributed by atoms with Crippen molar-refractivity contribution >= 4 is 46.0 Å². The van der Waals surface area contributed by atoms with Gasteiger partial charge in [0.1, 0.15) is 17.5 Å². The van der Waals surface area contributed by atoms with Gasteiger partial charge in [-0.1, -0.05) is 37.6 Å². The van der Waals surface area contributed by atoms with Crippen molar-refractivity contribution in [3.05, 3.63) is 94.0 Å². The van der Waals surface area contributed by atoms with E-state index >= 15 is 0 Å².